The van der Waals surface area contributed by atoms with Crippen molar-refractivity contribution in [1.82, 2.24) is 4.98 Å². The lowest BCUT2D eigenvalue weighted by Gasteiger charge is -2.00. The van der Waals surface area contributed by atoms with Crippen LogP contribution in [-0.2, 0) is 0 Å². The van der Waals surface area contributed by atoms with Gasteiger partial charge in [0.15, 0.2) is 0 Å². The molecule has 126 valence electrons. The monoisotopic (exact) mass is 376 g/mol. The van der Waals surface area contributed by atoms with Crippen molar-refractivity contribution in [2.45, 2.75) is 0 Å². The minimum atomic E-state index is -0.703. The molecular formula is C16H10ClFN4O2S. The van der Waals surface area contributed by atoms with E-state index in [1.807, 2.05) is 35.7 Å². The van der Waals surface area contributed by atoms with Crippen LogP contribution < -0.4 is 5.43 Å². The molecule has 0 radical (unpaired) electrons. The number of hydrogen-bond acceptors (Lipinski definition) is 6. The number of hydrazone groups is 1. The van der Waals surface area contributed by atoms with Crippen molar-refractivity contribution in [3.63, 3.8) is 0 Å². The molecule has 0 saturated heterocycles. The quantitative estimate of drug-likeness (QED) is 0.388. The second-order valence-corrected chi connectivity index (χ2v) is 6.12. The molecule has 0 spiro atoms. The van der Waals surface area contributed by atoms with E-state index in [9.17, 15) is 14.5 Å². The van der Waals surface area contributed by atoms with Gasteiger partial charge in [-0.1, -0.05) is 41.9 Å². The molecule has 0 bridgehead atoms. The van der Waals surface area contributed by atoms with Gasteiger partial charge < -0.3 is 0 Å². The SMILES string of the molecule is O=[N+]([O-])c1cc(C=NNc2nc(-c3ccccc3)cs2)c(F)cc1Cl. The number of hydrogen-bond donors (Lipinski definition) is 1. The predicted molar refractivity (Wildman–Crippen MR) is 96.8 cm³/mol. The molecule has 3 rings (SSSR count). The summed E-state index contributed by atoms with van der Waals surface area (Å²) in [5.41, 5.74) is 4.00. The molecule has 25 heavy (non-hydrogen) atoms. The van der Waals surface area contributed by atoms with Crippen molar-refractivity contribution in [3.8, 4) is 11.3 Å². The van der Waals surface area contributed by atoms with Crippen LogP contribution in [0.15, 0.2) is 52.9 Å². The highest BCUT2D eigenvalue weighted by molar-refractivity contribution is 7.14. The summed E-state index contributed by atoms with van der Waals surface area (Å²) in [6.45, 7) is 0. The molecule has 9 heteroatoms. The van der Waals surface area contributed by atoms with Gasteiger partial charge in [-0.05, 0) is 0 Å². The Bertz CT molecular complexity index is 947. The van der Waals surface area contributed by atoms with Gasteiger partial charge in [-0.15, -0.1) is 11.3 Å². The summed E-state index contributed by atoms with van der Waals surface area (Å²) in [4.78, 5) is 14.5. The summed E-state index contributed by atoms with van der Waals surface area (Å²) in [7, 11) is 0. The van der Waals surface area contributed by atoms with Crippen molar-refractivity contribution in [1.29, 1.82) is 0 Å². The van der Waals surface area contributed by atoms with Crippen molar-refractivity contribution < 1.29 is 9.31 Å². The topological polar surface area (TPSA) is 80.4 Å². The van der Waals surface area contributed by atoms with Crippen LogP contribution in [0, 0.1) is 15.9 Å². The van der Waals surface area contributed by atoms with Gasteiger partial charge in [-0.2, -0.15) is 5.10 Å². The molecule has 0 aliphatic carbocycles. The van der Waals surface area contributed by atoms with Crippen LogP contribution in [0.25, 0.3) is 11.3 Å². The fraction of sp³-hybridized carbons (Fsp3) is 0. The molecule has 0 amide bonds. The third-order valence-electron chi connectivity index (χ3n) is 3.20. The molecular weight excluding hydrogens is 367 g/mol. The van der Waals surface area contributed by atoms with Crippen LogP contribution in [0.2, 0.25) is 5.02 Å². The molecule has 1 heterocycles. The molecule has 0 aliphatic heterocycles. The number of rotatable bonds is 5. The molecule has 0 aliphatic rings. The van der Waals surface area contributed by atoms with E-state index in [2.05, 4.69) is 15.5 Å². The van der Waals surface area contributed by atoms with Gasteiger partial charge in [0, 0.05) is 28.6 Å². The highest BCUT2D eigenvalue weighted by Crippen LogP contribution is 2.27. The van der Waals surface area contributed by atoms with Gasteiger partial charge in [-0.25, -0.2) is 9.37 Å². The lowest BCUT2D eigenvalue weighted by atomic mass is 10.2. The van der Waals surface area contributed by atoms with Gasteiger partial charge in [-0.3, -0.25) is 15.5 Å². The van der Waals surface area contributed by atoms with Crippen molar-refractivity contribution >= 4 is 40.0 Å². The molecule has 0 atom stereocenters. The van der Waals surface area contributed by atoms with E-state index in [0.717, 1.165) is 29.6 Å². The van der Waals surface area contributed by atoms with Crippen LogP contribution in [0.1, 0.15) is 5.56 Å². The number of nitro benzene ring substituents is 1. The summed E-state index contributed by atoms with van der Waals surface area (Å²) in [6.07, 6.45) is 1.14. The number of benzene rings is 2. The maximum atomic E-state index is 13.8. The minimum absolute atomic E-state index is 0.0524. The van der Waals surface area contributed by atoms with E-state index in [0.29, 0.717) is 5.13 Å². The second kappa shape index (κ2) is 7.37. The molecule has 1 aromatic heterocycles. The fourth-order valence-corrected chi connectivity index (χ4v) is 2.90. The third kappa shape index (κ3) is 3.98. The number of nitrogens with zero attached hydrogens (tertiary/aromatic N) is 3. The van der Waals surface area contributed by atoms with E-state index in [4.69, 9.17) is 11.6 Å². The minimum Gasteiger partial charge on any atom is -0.258 e. The van der Waals surface area contributed by atoms with Crippen molar-refractivity contribution in [3.05, 3.63) is 74.4 Å². The van der Waals surface area contributed by atoms with E-state index in [-0.39, 0.29) is 16.3 Å². The molecule has 1 N–H and O–H groups in total. The first-order valence-corrected chi connectivity index (χ1v) is 8.24. The molecule has 6 nitrogen and oxygen atoms in total. The number of thiazole rings is 1. The van der Waals surface area contributed by atoms with Crippen molar-refractivity contribution in [2.75, 3.05) is 5.43 Å². The normalized spacial score (nSPS) is 11.0. The maximum Gasteiger partial charge on any atom is 0.288 e. The zero-order valence-corrected chi connectivity index (χ0v) is 14.1. The Hall–Kier alpha value is -2.84. The zero-order chi connectivity index (χ0) is 17.8. The maximum absolute atomic E-state index is 13.8. The Balaban J connectivity index is 1.75. The van der Waals surface area contributed by atoms with Crippen LogP contribution in [0.3, 0.4) is 0 Å². The van der Waals surface area contributed by atoms with Gasteiger partial charge >= 0.3 is 0 Å². The Morgan fingerprint density at radius 3 is 2.80 bits per heavy atom. The zero-order valence-electron chi connectivity index (χ0n) is 12.5. The van der Waals surface area contributed by atoms with Crippen LogP contribution >= 0.6 is 22.9 Å². The van der Waals surface area contributed by atoms with E-state index >= 15 is 0 Å². The Morgan fingerprint density at radius 1 is 1.32 bits per heavy atom. The standard InChI is InChI=1S/C16H10ClFN4O2S/c17-12-7-13(18)11(6-15(12)22(23)24)8-19-21-16-20-14(9-25-16)10-4-2-1-3-5-10/h1-9H,(H,20,21). The molecule has 0 saturated carbocycles. The Kier molecular flexibility index (Phi) is 5.01. The summed E-state index contributed by atoms with van der Waals surface area (Å²) in [6, 6.07) is 11.5. The molecule has 3 aromatic rings. The summed E-state index contributed by atoms with van der Waals surface area (Å²) in [5, 5.41) is 16.8. The lowest BCUT2D eigenvalue weighted by Crippen LogP contribution is -1.97. The first-order valence-electron chi connectivity index (χ1n) is 6.98. The van der Waals surface area contributed by atoms with Crippen LogP contribution in [0.5, 0.6) is 0 Å². The van der Waals surface area contributed by atoms with E-state index in [1.54, 1.807) is 0 Å². The van der Waals surface area contributed by atoms with Crippen LogP contribution in [0.4, 0.5) is 15.2 Å². The fourth-order valence-electron chi connectivity index (χ4n) is 2.02. The third-order valence-corrected chi connectivity index (χ3v) is 4.25. The lowest BCUT2D eigenvalue weighted by molar-refractivity contribution is -0.384. The summed E-state index contributed by atoms with van der Waals surface area (Å²) < 4.78 is 13.8. The number of anilines is 1. The largest absolute Gasteiger partial charge is 0.288 e. The summed E-state index contributed by atoms with van der Waals surface area (Å²) >= 11 is 6.97. The number of nitro groups is 1. The van der Waals surface area contributed by atoms with E-state index in [1.165, 1.54) is 11.3 Å². The number of halogens is 2. The molecule has 0 unspecified atom stereocenters. The van der Waals surface area contributed by atoms with Gasteiger partial charge in [0.1, 0.15) is 10.8 Å². The van der Waals surface area contributed by atoms with Gasteiger partial charge in [0.2, 0.25) is 5.13 Å². The van der Waals surface area contributed by atoms with E-state index < -0.39 is 10.7 Å². The summed E-state index contributed by atoms with van der Waals surface area (Å²) in [5.74, 6) is -0.703. The Morgan fingerprint density at radius 2 is 2.08 bits per heavy atom. The first-order chi connectivity index (χ1) is 12.0. The second-order valence-electron chi connectivity index (χ2n) is 4.86. The molecule has 0 fully saturated rings. The smallest absolute Gasteiger partial charge is 0.258 e. The number of nitrogens with one attached hydrogen (secondary N) is 1. The average molecular weight is 377 g/mol. The highest BCUT2D eigenvalue weighted by Gasteiger charge is 2.16. The first kappa shape index (κ1) is 17.0. The van der Waals surface area contributed by atoms with Gasteiger partial charge in [0.05, 0.1) is 16.8 Å². The van der Waals surface area contributed by atoms with Gasteiger partial charge in [0.25, 0.3) is 5.69 Å². The molecule has 2 aromatic carbocycles. The number of aromatic nitrogens is 1. The predicted octanol–water partition coefficient (Wildman–Crippen LogP) is 4.96. The van der Waals surface area contributed by atoms with Crippen LogP contribution in [-0.4, -0.2) is 16.1 Å². The average Bonchev–Trinajstić information content (AvgIpc) is 3.06. The highest BCUT2D eigenvalue weighted by atomic mass is 35.5. The van der Waals surface area contributed by atoms with Crippen molar-refractivity contribution in [2.24, 2.45) is 5.10 Å². The Labute approximate surface area is 150 Å².